The lowest BCUT2D eigenvalue weighted by Gasteiger charge is -2.40. The van der Waals surface area contributed by atoms with Gasteiger partial charge in [0.2, 0.25) is 0 Å². The number of carbonyl (C=O) groups is 1. The monoisotopic (exact) mass is 346 g/mol. The lowest BCUT2D eigenvalue weighted by molar-refractivity contribution is -0.299. The molecule has 2 atom stereocenters. The molecule has 4 nitrogen and oxygen atoms in total. The number of hydrogen-bond acceptors (Lipinski definition) is 4. The fourth-order valence-electron chi connectivity index (χ4n) is 2.98. The van der Waals surface area contributed by atoms with Gasteiger partial charge in [-0.25, -0.2) is 0 Å². The van der Waals surface area contributed by atoms with Crippen LogP contribution in [0.25, 0.3) is 6.08 Å². The van der Waals surface area contributed by atoms with Crippen molar-refractivity contribution < 1.29 is 19.0 Å². The van der Waals surface area contributed by atoms with Crippen molar-refractivity contribution >= 4 is 12.0 Å². The molecule has 1 fully saturated rings. The molecule has 0 N–H and O–H groups in total. The number of rotatable bonds is 5. The highest BCUT2D eigenvalue weighted by atomic mass is 16.7. The molecule has 0 amide bonds. The molecule has 138 valence electrons. The zero-order valence-corrected chi connectivity index (χ0v) is 16.0. The van der Waals surface area contributed by atoms with Crippen molar-refractivity contribution in [3.63, 3.8) is 0 Å². The van der Waals surface area contributed by atoms with E-state index >= 15 is 0 Å². The van der Waals surface area contributed by atoms with Gasteiger partial charge in [0.1, 0.15) is 5.60 Å². The second-order valence-electron chi connectivity index (χ2n) is 7.95. The van der Waals surface area contributed by atoms with E-state index in [1.807, 2.05) is 52.8 Å². The molecule has 4 heteroatoms. The molecule has 2 unspecified atom stereocenters. The van der Waals surface area contributed by atoms with Crippen LogP contribution in [0, 0.1) is 0 Å². The van der Waals surface area contributed by atoms with Crippen molar-refractivity contribution in [1.29, 1.82) is 0 Å². The molecule has 25 heavy (non-hydrogen) atoms. The molecule has 2 rings (SSSR count). The maximum atomic E-state index is 12.1. The van der Waals surface area contributed by atoms with Gasteiger partial charge in [0.05, 0.1) is 18.6 Å². The topological polar surface area (TPSA) is 44.8 Å². The van der Waals surface area contributed by atoms with Crippen LogP contribution in [0.15, 0.2) is 36.4 Å². The van der Waals surface area contributed by atoms with Crippen LogP contribution >= 0.6 is 0 Å². The van der Waals surface area contributed by atoms with Crippen molar-refractivity contribution in [1.82, 2.24) is 0 Å². The molecule has 0 bridgehead atoms. The molecule has 1 saturated heterocycles. The maximum absolute atomic E-state index is 12.1. The lowest BCUT2D eigenvalue weighted by Crippen LogP contribution is -2.45. The van der Waals surface area contributed by atoms with Crippen LogP contribution in [0.5, 0.6) is 0 Å². The summed E-state index contributed by atoms with van der Waals surface area (Å²) < 4.78 is 17.3. The summed E-state index contributed by atoms with van der Waals surface area (Å²) in [5.41, 5.74) is 0.689. The van der Waals surface area contributed by atoms with Crippen molar-refractivity contribution in [3.8, 4) is 0 Å². The van der Waals surface area contributed by atoms with Crippen molar-refractivity contribution in [2.24, 2.45) is 0 Å². The van der Waals surface area contributed by atoms with E-state index < -0.39 is 11.4 Å². The first-order valence-corrected chi connectivity index (χ1v) is 8.92. The Balaban J connectivity index is 1.91. The molecular formula is C21H30O4. The molecule has 0 spiro atoms. The van der Waals surface area contributed by atoms with Crippen LogP contribution in [-0.4, -0.2) is 29.6 Å². The Kier molecular flexibility index (Phi) is 6.42. The zero-order chi connectivity index (χ0) is 18.5. The van der Waals surface area contributed by atoms with Crippen LogP contribution in [0.2, 0.25) is 0 Å². The van der Waals surface area contributed by atoms with Crippen LogP contribution < -0.4 is 0 Å². The summed E-state index contributed by atoms with van der Waals surface area (Å²) in [5.74, 6) is -0.926. The number of hydrogen-bond donors (Lipinski definition) is 0. The number of carbonyl (C=O) groups excluding carboxylic acids is 1. The first-order valence-electron chi connectivity index (χ1n) is 8.92. The molecule has 1 aromatic rings. The van der Waals surface area contributed by atoms with Crippen LogP contribution in [0.3, 0.4) is 0 Å². The summed E-state index contributed by atoms with van der Waals surface area (Å²) in [6.07, 6.45) is 5.77. The van der Waals surface area contributed by atoms with E-state index in [1.54, 1.807) is 0 Å². The highest BCUT2D eigenvalue weighted by Gasteiger charge is 2.36. The minimum absolute atomic E-state index is 0.0242. The molecule has 0 aliphatic carbocycles. The smallest absolute Gasteiger partial charge is 0.308 e. The molecule has 1 aromatic carbocycles. The Morgan fingerprint density at radius 3 is 2.48 bits per heavy atom. The van der Waals surface area contributed by atoms with E-state index in [0.717, 1.165) is 6.42 Å². The summed E-state index contributed by atoms with van der Waals surface area (Å²) in [4.78, 5) is 12.1. The molecule has 0 radical (unpaired) electrons. The van der Waals surface area contributed by atoms with E-state index in [0.29, 0.717) is 6.42 Å². The molecular weight excluding hydrogens is 316 g/mol. The van der Waals surface area contributed by atoms with Gasteiger partial charge in [0.15, 0.2) is 5.79 Å². The third-order valence-electron chi connectivity index (χ3n) is 3.75. The van der Waals surface area contributed by atoms with Gasteiger partial charge >= 0.3 is 5.97 Å². The molecule has 1 aliphatic heterocycles. The molecule has 1 aliphatic rings. The minimum Gasteiger partial charge on any atom is -0.460 e. The largest absolute Gasteiger partial charge is 0.460 e. The summed E-state index contributed by atoms with van der Waals surface area (Å²) in [6.45, 7) is 9.40. The van der Waals surface area contributed by atoms with Crippen molar-refractivity contribution in [2.75, 3.05) is 0 Å². The van der Waals surface area contributed by atoms with Gasteiger partial charge in [-0.1, -0.05) is 42.5 Å². The Morgan fingerprint density at radius 2 is 1.84 bits per heavy atom. The fourth-order valence-corrected chi connectivity index (χ4v) is 2.98. The average molecular weight is 346 g/mol. The van der Waals surface area contributed by atoms with Gasteiger partial charge in [0.25, 0.3) is 0 Å². The van der Waals surface area contributed by atoms with Gasteiger partial charge in [0, 0.05) is 6.42 Å². The van der Waals surface area contributed by atoms with Gasteiger partial charge in [-0.2, -0.15) is 0 Å². The number of esters is 1. The quantitative estimate of drug-likeness (QED) is 0.723. The number of ether oxygens (including phenoxy) is 3. The van der Waals surface area contributed by atoms with Gasteiger partial charge in [-0.3, -0.25) is 4.79 Å². The van der Waals surface area contributed by atoms with Gasteiger partial charge in [-0.05, 0) is 46.6 Å². The Hall–Kier alpha value is -1.65. The molecule has 0 saturated carbocycles. The molecule has 1 heterocycles. The first-order chi connectivity index (χ1) is 11.6. The normalized spacial score (nSPS) is 23.6. The Labute approximate surface area is 151 Å². The second-order valence-corrected chi connectivity index (χ2v) is 7.95. The average Bonchev–Trinajstić information content (AvgIpc) is 2.44. The zero-order valence-electron chi connectivity index (χ0n) is 16.0. The highest BCUT2D eigenvalue weighted by molar-refractivity contribution is 5.70. The predicted octanol–water partition coefficient (Wildman–Crippen LogP) is 4.73. The summed E-state index contributed by atoms with van der Waals surface area (Å²) >= 11 is 0. The minimum atomic E-state index is -0.698. The predicted molar refractivity (Wildman–Crippen MR) is 99.0 cm³/mol. The Morgan fingerprint density at radius 1 is 1.20 bits per heavy atom. The van der Waals surface area contributed by atoms with E-state index in [1.165, 1.54) is 5.56 Å². The first kappa shape index (κ1) is 19.7. The van der Waals surface area contributed by atoms with Crippen molar-refractivity contribution in [2.45, 2.75) is 77.5 Å². The third-order valence-corrected chi connectivity index (χ3v) is 3.75. The van der Waals surface area contributed by atoms with Gasteiger partial charge in [-0.15, -0.1) is 0 Å². The second kappa shape index (κ2) is 8.15. The number of benzene rings is 1. The van der Waals surface area contributed by atoms with E-state index in [9.17, 15) is 4.79 Å². The SMILES string of the molecule is CC(C)(C)OC(=O)CC1CC(CC=Cc2ccccc2)OC(C)(C)O1. The third kappa shape index (κ3) is 7.41. The van der Waals surface area contributed by atoms with E-state index in [4.69, 9.17) is 14.2 Å². The van der Waals surface area contributed by atoms with Crippen LogP contribution in [0.4, 0.5) is 0 Å². The lowest BCUT2D eigenvalue weighted by atomic mass is 10.0. The summed E-state index contributed by atoms with van der Waals surface area (Å²) in [6, 6.07) is 10.2. The summed E-state index contributed by atoms with van der Waals surface area (Å²) in [5, 5.41) is 0. The van der Waals surface area contributed by atoms with E-state index in [-0.39, 0.29) is 24.6 Å². The fraction of sp³-hybridized carbons (Fsp3) is 0.571. The van der Waals surface area contributed by atoms with Crippen molar-refractivity contribution in [3.05, 3.63) is 42.0 Å². The Bertz CT molecular complexity index is 584. The summed E-state index contributed by atoms with van der Waals surface area (Å²) in [7, 11) is 0. The molecule has 0 aromatic heterocycles. The maximum Gasteiger partial charge on any atom is 0.308 e. The van der Waals surface area contributed by atoms with Gasteiger partial charge < -0.3 is 14.2 Å². The standard InChI is InChI=1S/C21H30O4/c1-20(2,3)25-19(22)15-18-14-17(23-21(4,5)24-18)13-9-12-16-10-7-6-8-11-16/h6-12,17-18H,13-15H2,1-5H3. The van der Waals surface area contributed by atoms with Crippen LogP contribution in [0.1, 0.15) is 59.4 Å². The van der Waals surface area contributed by atoms with E-state index in [2.05, 4.69) is 24.3 Å². The highest BCUT2D eigenvalue weighted by Crippen LogP contribution is 2.30. The van der Waals surface area contributed by atoms with Crippen LogP contribution in [-0.2, 0) is 19.0 Å².